The van der Waals surface area contributed by atoms with Crippen LogP contribution in [0.25, 0.3) is 0 Å². The van der Waals surface area contributed by atoms with E-state index in [9.17, 15) is 4.79 Å². The standard InChI is InChI=1S/C40H73N3O2.C2H6/c1-29(2)14-11-12-16-32-18-20-36-35-19-17-33-28-34(21-24-40(33,6)37(35)22-25-39(32,36)5)45-38(44)43(27-23-31(4)42)26-13-9-7-8-10-15-30(3)41;1-2/h17,29-32,34-37H,7-16,18-28,41-42H2,1-6H3;1-2H3. The number of ether oxygens (including phenoxy) is 1. The van der Waals surface area contributed by atoms with Crippen LogP contribution in [0, 0.1) is 40.4 Å². The molecule has 0 aromatic carbocycles. The number of unbranched alkanes of at least 4 members (excludes halogenated alkanes) is 5. The minimum Gasteiger partial charge on any atom is -0.446 e. The van der Waals surface area contributed by atoms with E-state index in [0.717, 1.165) is 74.7 Å². The highest BCUT2D eigenvalue weighted by Crippen LogP contribution is 2.66. The van der Waals surface area contributed by atoms with Gasteiger partial charge in [-0.2, -0.15) is 0 Å². The number of carbonyl (C=O) groups is 1. The van der Waals surface area contributed by atoms with Crippen molar-refractivity contribution in [2.45, 2.75) is 196 Å². The monoisotopic (exact) mass is 658 g/mol. The van der Waals surface area contributed by atoms with Crippen LogP contribution in [0.5, 0.6) is 0 Å². The summed E-state index contributed by atoms with van der Waals surface area (Å²) < 4.78 is 6.29. The molecule has 47 heavy (non-hydrogen) atoms. The highest BCUT2D eigenvalue weighted by molar-refractivity contribution is 5.67. The summed E-state index contributed by atoms with van der Waals surface area (Å²) in [6, 6.07) is 0.385. The molecule has 0 heterocycles. The van der Waals surface area contributed by atoms with Crippen LogP contribution in [0.1, 0.15) is 177 Å². The Balaban J connectivity index is 0.00000294. The summed E-state index contributed by atoms with van der Waals surface area (Å²) in [6.07, 6.45) is 26.0. The maximum absolute atomic E-state index is 13.5. The molecule has 4 aliphatic carbocycles. The van der Waals surface area contributed by atoms with E-state index in [4.69, 9.17) is 16.2 Å². The van der Waals surface area contributed by atoms with Crippen LogP contribution in [0.2, 0.25) is 0 Å². The molecule has 9 unspecified atom stereocenters. The summed E-state index contributed by atoms with van der Waals surface area (Å²) in [4.78, 5) is 15.4. The third kappa shape index (κ3) is 11.0. The first-order valence-corrected chi connectivity index (χ1v) is 20.6. The van der Waals surface area contributed by atoms with Crippen molar-refractivity contribution in [3.63, 3.8) is 0 Å². The van der Waals surface area contributed by atoms with Crippen LogP contribution in [0.3, 0.4) is 0 Å². The lowest BCUT2D eigenvalue weighted by atomic mass is 9.47. The van der Waals surface area contributed by atoms with E-state index in [1.807, 2.05) is 25.7 Å². The number of amides is 1. The largest absolute Gasteiger partial charge is 0.446 e. The van der Waals surface area contributed by atoms with Crippen LogP contribution >= 0.6 is 0 Å². The van der Waals surface area contributed by atoms with Crippen molar-refractivity contribution in [2.24, 2.45) is 51.9 Å². The molecule has 0 radical (unpaired) electrons. The molecule has 4 N–H and O–H groups in total. The SMILES string of the molecule is CC.CC(C)CCCCC1CCC2C3CC=C4CC(OC(=O)N(CCCCCCCC(C)N)CCC(C)N)CCC4(C)C3CCC12C. The molecule has 4 rings (SSSR count). The van der Waals surface area contributed by atoms with Crippen LogP contribution in [0.15, 0.2) is 11.6 Å². The van der Waals surface area contributed by atoms with Gasteiger partial charge in [0, 0.05) is 31.6 Å². The van der Waals surface area contributed by atoms with Gasteiger partial charge in [-0.3, -0.25) is 0 Å². The van der Waals surface area contributed by atoms with Crippen molar-refractivity contribution in [3.05, 3.63) is 11.6 Å². The smallest absolute Gasteiger partial charge is 0.410 e. The predicted molar refractivity (Wildman–Crippen MR) is 201 cm³/mol. The van der Waals surface area contributed by atoms with Gasteiger partial charge < -0.3 is 21.1 Å². The maximum Gasteiger partial charge on any atom is 0.410 e. The lowest BCUT2D eigenvalue weighted by Gasteiger charge is -2.58. The third-order valence-corrected chi connectivity index (χ3v) is 13.3. The van der Waals surface area contributed by atoms with E-state index >= 15 is 0 Å². The van der Waals surface area contributed by atoms with Crippen molar-refractivity contribution in [2.75, 3.05) is 13.1 Å². The summed E-state index contributed by atoms with van der Waals surface area (Å²) in [5, 5.41) is 0. The van der Waals surface area contributed by atoms with Gasteiger partial charge >= 0.3 is 6.09 Å². The van der Waals surface area contributed by atoms with E-state index in [1.54, 1.807) is 5.57 Å². The van der Waals surface area contributed by atoms with Gasteiger partial charge in [0.05, 0.1) is 0 Å². The Kier molecular flexibility index (Phi) is 16.6. The van der Waals surface area contributed by atoms with Crippen molar-refractivity contribution >= 4 is 6.09 Å². The lowest BCUT2D eigenvalue weighted by molar-refractivity contribution is -0.0534. The molecule has 4 aliphatic rings. The zero-order chi connectivity index (χ0) is 34.6. The molecule has 0 spiro atoms. The number of fused-ring (bicyclic) bond motifs is 5. The Labute approximate surface area is 292 Å². The number of carbonyl (C=O) groups excluding carboxylic acids is 1. The number of allylic oxidation sites excluding steroid dienone is 1. The highest BCUT2D eigenvalue weighted by atomic mass is 16.6. The van der Waals surface area contributed by atoms with Crippen LogP contribution in [-0.4, -0.2) is 42.3 Å². The molecule has 3 fully saturated rings. The van der Waals surface area contributed by atoms with Crippen molar-refractivity contribution in [3.8, 4) is 0 Å². The van der Waals surface area contributed by atoms with Gasteiger partial charge in [-0.15, -0.1) is 0 Å². The molecule has 5 heteroatoms. The molecular formula is C42H79N3O2. The van der Waals surface area contributed by atoms with Crippen LogP contribution in [0.4, 0.5) is 4.79 Å². The molecule has 3 saturated carbocycles. The highest BCUT2D eigenvalue weighted by Gasteiger charge is 2.58. The summed E-state index contributed by atoms with van der Waals surface area (Å²) in [6.45, 7) is 19.6. The Morgan fingerprint density at radius 1 is 0.830 bits per heavy atom. The van der Waals surface area contributed by atoms with E-state index < -0.39 is 0 Å². The molecule has 274 valence electrons. The maximum atomic E-state index is 13.5. The first kappa shape index (κ1) is 40.4. The Morgan fingerprint density at radius 3 is 2.21 bits per heavy atom. The van der Waals surface area contributed by atoms with Gasteiger partial charge in [0.25, 0.3) is 0 Å². The molecule has 0 aliphatic heterocycles. The minimum absolute atomic E-state index is 0.0139. The average molecular weight is 658 g/mol. The predicted octanol–water partition coefficient (Wildman–Crippen LogP) is 11.0. The lowest BCUT2D eigenvalue weighted by Crippen LogP contribution is -2.50. The quantitative estimate of drug-likeness (QED) is 0.120. The molecule has 0 bridgehead atoms. The fourth-order valence-electron chi connectivity index (χ4n) is 10.4. The molecule has 5 nitrogen and oxygen atoms in total. The molecule has 9 atom stereocenters. The van der Waals surface area contributed by atoms with Gasteiger partial charge in [0.1, 0.15) is 6.10 Å². The number of nitrogens with zero attached hydrogens (tertiary/aromatic N) is 1. The summed E-state index contributed by atoms with van der Waals surface area (Å²) in [7, 11) is 0. The Morgan fingerprint density at radius 2 is 1.51 bits per heavy atom. The number of rotatable bonds is 17. The molecule has 0 saturated heterocycles. The molecule has 0 aromatic rings. The van der Waals surface area contributed by atoms with E-state index in [2.05, 4.69) is 40.7 Å². The molecular weight excluding hydrogens is 578 g/mol. The van der Waals surface area contributed by atoms with Crippen LogP contribution < -0.4 is 11.5 Å². The van der Waals surface area contributed by atoms with Gasteiger partial charge in [0.15, 0.2) is 0 Å². The van der Waals surface area contributed by atoms with Crippen LogP contribution in [-0.2, 0) is 4.74 Å². The zero-order valence-electron chi connectivity index (χ0n) is 32.5. The first-order valence-electron chi connectivity index (χ1n) is 20.6. The number of nitrogens with two attached hydrogens (primary N) is 2. The van der Waals surface area contributed by atoms with Gasteiger partial charge in [0.2, 0.25) is 0 Å². The number of hydrogen-bond donors (Lipinski definition) is 2. The fourth-order valence-corrected chi connectivity index (χ4v) is 10.4. The topological polar surface area (TPSA) is 81.6 Å². The van der Waals surface area contributed by atoms with Crippen molar-refractivity contribution < 1.29 is 9.53 Å². The van der Waals surface area contributed by atoms with Gasteiger partial charge in [-0.25, -0.2) is 4.79 Å². The zero-order valence-corrected chi connectivity index (χ0v) is 32.5. The molecule has 1 amide bonds. The van der Waals surface area contributed by atoms with E-state index in [0.29, 0.717) is 23.4 Å². The average Bonchev–Trinajstić information content (AvgIpc) is 3.37. The molecule has 0 aromatic heterocycles. The second kappa shape index (κ2) is 19.4. The Hall–Kier alpha value is -1.07. The number of hydrogen-bond acceptors (Lipinski definition) is 4. The second-order valence-corrected chi connectivity index (χ2v) is 17.3. The minimum atomic E-state index is -0.116. The summed E-state index contributed by atoms with van der Waals surface area (Å²) in [5.41, 5.74) is 14.4. The fraction of sp³-hybridized carbons (Fsp3) is 0.929. The normalized spacial score (nSPS) is 32.7. The first-order chi connectivity index (χ1) is 22.4. The van der Waals surface area contributed by atoms with Gasteiger partial charge in [-0.1, -0.05) is 98.1 Å². The summed E-state index contributed by atoms with van der Waals surface area (Å²) >= 11 is 0. The van der Waals surface area contributed by atoms with Crippen molar-refractivity contribution in [1.82, 2.24) is 4.90 Å². The van der Waals surface area contributed by atoms with E-state index in [-0.39, 0.29) is 18.2 Å². The summed E-state index contributed by atoms with van der Waals surface area (Å²) in [5.74, 6) is 4.34. The van der Waals surface area contributed by atoms with Crippen molar-refractivity contribution in [1.29, 1.82) is 0 Å². The Bertz CT molecular complexity index is 946. The van der Waals surface area contributed by atoms with E-state index in [1.165, 1.54) is 83.5 Å². The van der Waals surface area contributed by atoms with Gasteiger partial charge in [-0.05, 0) is 125 Å². The third-order valence-electron chi connectivity index (χ3n) is 13.3. The second-order valence-electron chi connectivity index (χ2n) is 17.3.